The molecule has 7 heteroatoms. The molecule has 1 aliphatic rings. The molecule has 0 atom stereocenters. The van der Waals surface area contributed by atoms with Gasteiger partial charge in [-0.15, -0.1) is 0 Å². The van der Waals surface area contributed by atoms with Crippen LogP contribution in [0.4, 0.5) is 20.3 Å². The third-order valence-electron chi connectivity index (χ3n) is 6.63. The first-order valence-electron chi connectivity index (χ1n) is 11.9. The molecule has 36 heavy (non-hydrogen) atoms. The van der Waals surface area contributed by atoms with E-state index in [1.807, 2.05) is 30.3 Å². The number of aromatic nitrogens is 1. The van der Waals surface area contributed by atoms with Crippen molar-refractivity contribution in [3.8, 4) is 17.0 Å². The molecule has 1 fully saturated rings. The Morgan fingerprint density at radius 2 is 1.33 bits per heavy atom. The van der Waals surface area contributed by atoms with E-state index in [1.54, 1.807) is 31.4 Å². The van der Waals surface area contributed by atoms with Gasteiger partial charge in [-0.2, -0.15) is 0 Å². The van der Waals surface area contributed by atoms with Gasteiger partial charge in [0.25, 0.3) is 0 Å². The lowest BCUT2D eigenvalue weighted by Gasteiger charge is -2.40. The van der Waals surface area contributed by atoms with Crippen molar-refractivity contribution in [2.45, 2.75) is 6.04 Å². The van der Waals surface area contributed by atoms with Gasteiger partial charge in [0, 0.05) is 43.5 Å². The number of hydrogen-bond donors (Lipinski definition) is 1. The molecule has 0 aliphatic carbocycles. The normalized spacial score (nSPS) is 14.3. The number of benzene rings is 3. The molecule has 4 aromatic rings. The number of halogens is 2. The average Bonchev–Trinajstić information content (AvgIpc) is 2.91. The first kappa shape index (κ1) is 23.8. The van der Waals surface area contributed by atoms with Gasteiger partial charge in [0.05, 0.1) is 18.8 Å². The standard InChI is InChI=1S/C29H28F2N4O/c1-36-26-12-6-20(7-13-26)27-18-25(19-28(32)33-27)34-14-16-35(17-15-34)29(21-2-8-23(30)9-3-21)22-4-10-24(31)11-5-22/h2-13,18-19,29H,14-17H2,1H3,(H2,32,33). The van der Waals surface area contributed by atoms with E-state index in [0.29, 0.717) is 5.82 Å². The molecule has 5 rings (SSSR count). The van der Waals surface area contributed by atoms with Crippen LogP contribution in [0, 0.1) is 11.6 Å². The third-order valence-corrected chi connectivity index (χ3v) is 6.63. The van der Waals surface area contributed by atoms with Crippen LogP contribution in [0.15, 0.2) is 84.9 Å². The largest absolute Gasteiger partial charge is 0.497 e. The summed E-state index contributed by atoms with van der Waals surface area (Å²) in [7, 11) is 1.64. The Bertz CT molecular complexity index is 1260. The Morgan fingerprint density at radius 3 is 1.86 bits per heavy atom. The van der Waals surface area contributed by atoms with E-state index in [4.69, 9.17) is 10.5 Å². The van der Waals surface area contributed by atoms with E-state index in [-0.39, 0.29) is 17.7 Å². The Kier molecular flexibility index (Phi) is 6.82. The van der Waals surface area contributed by atoms with Gasteiger partial charge in [-0.1, -0.05) is 24.3 Å². The monoisotopic (exact) mass is 486 g/mol. The van der Waals surface area contributed by atoms with Crippen molar-refractivity contribution in [3.05, 3.63) is 108 Å². The zero-order chi connectivity index (χ0) is 25.1. The molecular weight excluding hydrogens is 458 g/mol. The number of anilines is 2. The van der Waals surface area contributed by atoms with Gasteiger partial charge >= 0.3 is 0 Å². The minimum atomic E-state index is -0.274. The molecule has 2 N–H and O–H groups in total. The number of nitrogens with two attached hydrogens (primary N) is 1. The predicted octanol–water partition coefficient (Wildman–Crippen LogP) is 5.53. The summed E-state index contributed by atoms with van der Waals surface area (Å²) in [5.74, 6) is 0.709. The predicted molar refractivity (Wildman–Crippen MR) is 139 cm³/mol. The number of rotatable bonds is 6. The lowest BCUT2D eigenvalue weighted by Crippen LogP contribution is -2.48. The van der Waals surface area contributed by atoms with Crippen LogP contribution in [0.25, 0.3) is 11.3 Å². The molecule has 2 heterocycles. The molecule has 3 aromatic carbocycles. The van der Waals surface area contributed by atoms with E-state index >= 15 is 0 Å². The van der Waals surface area contributed by atoms with Crippen molar-refractivity contribution >= 4 is 11.5 Å². The number of nitrogen functional groups attached to an aromatic ring is 1. The van der Waals surface area contributed by atoms with Gasteiger partial charge < -0.3 is 15.4 Å². The van der Waals surface area contributed by atoms with Gasteiger partial charge in [-0.05, 0) is 65.7 Å². The van der Waals surface area contributed by atoms with Gasteiger partial charge in [0.2, 0.25) is 0 Å². The maximum atomic E-state index is 13.6. The molecular formula is C29H28F2N4O. The molecule has 1 aromatic heterocycles. The number of piperazine rings is 1. The third kappa shape index (κ3) is 5.16. The smallest absolute Gasteiger partial charge is 0.126 e. The lowest BCUT2D eigenvalue weighted by atomic mass is 9.96. The average molecular weight is 487 g/mol. The lowest BCUT2D eigenvalue weighted by molar-refractivity contribution is 0.212. The van der Waals surface area contributed by atoms with E-state index < -0.39 is 0 Å². The molecule has 0 unspecified atom stereocenters. The Morgan fingerprint density at radius 1 is 0.778 bits per heavy atom. The number of nitrogens with zero attached hydrogens (tertiary/aromatic N) is 3. The van der Waals surface area contributed by atoms with Gasteiger partial charge in [-0.3, -0.25) is 4.90 Å². The summed E-state index contributed by atoms with van der Waals surface area (Å²) >= 11 is 0. The van der Waals surface area contributed by atoms with Crippen LogP contribution in [-0.4, -0.2) is 43.2 Å². The molecule has 0 amide bonds. The highest BCUT2D eigenvalue weighted by atomic mass is 19.1. The second kappa shape index (κ2) is 10.3. The summed E-state index contributed by atoms with van der Waals surface area (Å²) in [5, 5.41) is 0. The molecule has 0 spiro atoms. The zero-order valence-electron chi connectivity index (χ0n) is 20.1. The number of ether oxygens (including phenoxy) is 1. The number of hydrogen-bond acceptors (Lipinski definition) is 5. The molecule has 5 nitrogen and oxygen atoms in total. The molecule has 0 bridgehead atoms. The fraction of sp³-hybridized carbons (Fsp3) is 0.207. The first-order chi connectivity index (χ1) is 17.5. The van der Waals surface area contributed by atoms with E-state index in [2.05, 4.69) is 20.9 Å². The fourth-order valence-electron chi connectivity index (χ4n) is 4.77. The van der Waals surface area contributed by atoms with Crippen molar-refractivity contribution in [3.63, 3.8) is 0 Å². The summed E-state index contributed by atoms with van der Waals surface area (Å²) in [4.78, 5) is 9.18. The SMILES string of the molecule is COc1ccc(-c2cc(N3CCN(C(c4ccc(F)cc4)c4ccc(F)cc4)CC3)cc(N)n2)cc1. The molecule has 1 aliphatic heterocycles. The zero-order valence-corrected chi connectivity index (χ0v) is 20.1. The summed E-state index contributed by atoms with van der Waals surface area (Å²) < 4.78 is 32.5. The highest BCUT2D eigenvalue weighted by molar-refractivity contribution is 5.68. The van der Waals surface area contributed by atoms with Gasteiger partial charge in [-0.25, -0.2) is 13.8 Å². The second-order valence-electron chi connectivity index (χ2n) is 8.89. The summed E-state index contributed by atoms with van der Waals surface area (Å²) in [5.41, 5.74) is 10.9. The van der Waals surface area contributed by atoms with Crippen molar-refractivity contribution in [1.82, 2.24) is 9.88 Å². The second-order valence-corrected chi connectivity index (χ2v) is 8.89. The van der Waals surface area contributed by atoms with Crippen molar-refractivity contribution < 1.29 is 13.5 Å². The van der Waals surface area contributed by atoms with Crippen LogP contribution in [-0.2, 0) is 0 Å². The molecule has 1 saturated heterocycles. The van der Waals surface area contributed by atoms with Crippen LogP contribution in [0.2, 0.25) is 0 Å². The Balaban J connectivity index is 1.37. The highest BCUT2D eigenvalue weighted by Gasteiger charge is 2.27. The van der Waals surface area contributed by atoms with Crippen LogP contribution >= 0.6 is 0 Å². The van der Waals surface area contributed by atoms with E-state index in [0.717, 1.165) is 60.0 Å². The highest BCUT2D eigenvalue weighted by Crippen LogP contribution is 2.32. The van der Waals surface area contributed by atoms with Crippen LogP contribution in [0.3, 0.4) is 0 Å². The topological polar surface area (TPSA) is 54.6 Å². The van der Waals surface area contributed by atoms with Crippen molar-refractivity contribution in [2.75, 3.05) is 43.9 Å². The van der Waals surface area contributed by atoms with E-state index in [1.165, 1.54) is 24.3 Å². The Hall–Kier alpha value is -3.97. The summed E-state index contributed by atoms with van der Waals surface area (Å²) in [6.07, 6.45) is 0. The van der Waals surface area contributed by atoms with Crippen molar-refractivity contribution in [1.29, 1.82) is 0 Å². The van der Waals surface area contributed by atoms with Crippen LogP contribution < -0.4 is 15.4 Å². The summed E-state index contributed by atoms with van der Waals surface area (Å²) in [6, 6.07) is 24.7. The Labute approximate surface area is 209 Å². The maximum absolute atomic E-state index is 13.6. The fourth-order valence-corrected chi connectivity index (χ4v) is 4.77. The first-order valence-corrected chi connectivity index (χ1v) is 11.9. The molecule has 0 saturated carbocycles. The summed E-state index contributed by atoms with van der Waals surface area (Å²) in [6.45, 7) is 3.12. The van der Waals surface area contributed by atoms with Gasteiger partial charge in [0.15, 0.2) is 0 Å². The minimum absolute atomic E-state index is 0.0919. The molecule has 0 radical (unpaired) electrons. The van der Waals surface area contributed by atoms with Gasteiger partial charge in [0.1, 0.15) is 23.2 Å². The number of methoxy groups -OCH3 is 1. The van der Waals surface area contributed by atoms with Crippen molar-refractivity contribution in [2.24, 2.45) is 0 Å². The minimum Gasteiger partial charge on any atom is -0.497 e. The molecule has 184 valence electrons. The maximum Gasteiger partial charge on any atom is 0.126 e. The quantitative estimate of drug-likeness (QED) is 0.388. The van der Waals surface area contributed by atoms with Crippen LogP contribution in [0.1, 0.15) is 17.2 Å². The van der Waals surface area contributed by atoms with Crippen LogP contribution in [0.5, 0.6) is 5.75 Å². The van der Waals surface area contributed by atoms with E-state index in [9.17, 15) is 8.78 Å². The number of pyridine rings is 1.